The molecule has 30 heavy (non-hydrogen) atoms. The highest BCUT2D eigenvalue weighted by Crippen LogP contribution is 2.25. The van der Waals surface area contributed by atoms with E-state index in [9.17, 15) is 9.59 Å². The topological polar surface area (TPSA) is 75.9 Å². The van der Waals surface area contributed by atoms with Gasteiger partial charge in [0.05, 0.1) is 17.9 Å². The first-order chi connectivity index (χ1) is 14.5. The number of para-hydroxylation sites is 1. The van der Waals surface area contributed by atoms with E-state index in [0.29, 0.717) is 41.5 Å². The zero-order chi connectivity index (χ0) is 21.1. The van der Waals surface area contributed by atoms with Crippen LogP contribution in [0.5, 0.6) is 5.75 Å². The smallest absolute Gasteiger partial charge is 0.259 e. The molecule has 0 N–H and O–H groups in total. The van der Waals surface area contributed by atoms with Gasteiger partial charge in [0, 0.05) is 32.1 Å². The highest BCUT2D eigenvalue weighted by molar-refractivity contribution is 5.97. The second kappa shape index (κ2) is 8.90. The molecule has 0 aliphatic carbocycles. The van der Waals surface area contributed by atoms with E-state index in [1.807, 2.05) is 34.1 Å². The molecule has 1 aromatic heterocycles. The maximum atomic E-state index is 12.9. The van der Waals surface area contributed by atoms with Gasteiger partial charge < -0.3 is 19.1 Å². The molecule has 2 saturated heterocycles. The number of likely N-dealkylation sites (tertiary alicyclic amines) is 2. The molecular weight excluding hydrogens is 382 g/mol. The number of aryl methyl sites for hydroxylation is 2. The van der Waals surface area contributed by atoms with Gasteiger partial charge in [0.2, 0.25) is 0 Å². The quantitative estimate of drug-likeness (QED) is 0.753. The van der Waals surface area contributed by atoms with Gasteiger partial charge >= 0.3 is 0 Å². The van der Waals surface area contributed by atoms with Crippen LogP contribution in [0, 0.1) is 19.8 Å². The van der Waals surface area contributed by atoms with Gasteiger partial charge in [0.25, 0.3) is 11.8 Å². The van der Waals surface area contributed by atoms with E-state index >= 15 is 0 Å². The van der Waals surface area contributed by atoms with Crippen molar-refractivity contribution in [3.8, 4) is 5.75 Å². The first-order valence-electron chi connectivity index (χ1n) is 10.8. The molecule has 2 aliphatic heterocycles. The van der Waals surface area contributed by atoms with Crippen molar-refractivity contribution in [3.05, 3.63) is 46.8 Å². The molecule has 2 aliphatic rings. The molecule has 1 unspecified atom stereocenters. The van der Waals surface area contributed by atoms with Crippen LogP contribution < -0.4 is 4.74 Å². The Morgan fingerprint density at radius 2 is 1.80 bits per heavy atom. The minimum atomic E-state index is -0.0273. The summed E-state index contributed by atoms with van der Waals surface area (Å²) in [5.41, 5.74) is 1.82. The van der Waals surface area contributed by atoms with Gasteiger partial charge in [0.15, 0.2) is 0 Å². The molecule has 7 nitrogen and oxygen atoms in total. The molecule has 1 aromatic carbocycles. The van der Waals surface area contributed by atoms with Crippen LogP contribution in [-0.2, 0) is 0 Å². The van der Waals surface area contributed by atoms with Crippen molar-refractivity contribution in [2.24, 2.45) is 5.92 Å². The molecule has 0 spiro atoms. The Morgan fingerprint density at radius 1 is 1.07 bits per heavy atom. The third-order valence-corrected chi connectivity index (χ3v) is 6.04. The van der Waals surface area contributed by atoms with Gasteiger partial charge in [-0.15, -0.1) is 0 Å². The van der Waals surface area contributed by atoms with Crippen molar-refractivity contribution < 1.29 is 18.8 Å². The molecule has 0 bridgehead atoms. The number of carbonyl (C=O) groups is 2. The van der Waals surface area contributed by atoms with Gasteiger partial charge in [-0.2, -0.15) is 0 Å². The molecule has 160 valence electrons. The van der Waals surface area contributed by atoms with Gasteiger partial charge in [-0.25, -0.2) is 0 Å². The van der Waals surface area contributed by atoms with Crippen LogP contribution >= 0.6 is 0 Å². The molecule has 3 heterocycles. The second-order valence-corrected chi connectivity index (χ2v) is 8.27. The van der Waals surface area contributed by atoms with E-state index in [0.717, 1.165) is 45.3 Å². The van der Waals surface area contributed by atoms with Crippen molar-refractivity contribution in [2.75, 3.05) is 32.8 Å². The lowest BCUT2D eigenvalue weighted by Gasteiger charge is -2.32. The largest absolute Gasteiger partial charge is 0.492 e. The monoisotopic (exact) mass is 411 g/mol. The zero-order valence-electron chi connectivity index (χ0n) is 17.7. The summed E-state index contributed by atoms with van der Waals surface area (Å²) in [6.07, 6.45) is 4.04. The Labute approximate surface area is 177 Å². The summed E-state index contributed by atoms with van der Waals surface area (Å²) in [5, 5.41) is 3.90. The van der Waals surface area contributed by atoms with Crippen molar-refractivity contribution in [1.82, 2.24) is 15.0 Å². The number of amides is 2. The maximum absolute atomic E-state index is 12.9. The minimum absolute atomic E-state index is 0.0273. The summed E-state index contributed by atoms with van der Waals surface area (Å²) in [4.78, 5) is 29.5. The first kappa shape index (κ1) is 20.4. The highest BCUT2D eigenvalue weighted by Gasteiger charge is 2.29. The van der Waals surface area contributed by atoms with Crippen molar-refractivity contribution in [1.29, 1.82) is 0 Å². The molecule has 2 fully saturated rings. The number of benzene rings is 1. The average molecular weight is 412 g/mol. The molecule has 7 heteroatoms. The van der Waals surface area contributed by atoms with E-state index in [1.165, 1.54) is 0 Å². The number of ether oxygens (including phenoxy) is 1. The number of aromatic nitrogens is 1. The normalized spacial score (nSPS) is 19.2. The van der Waals surface area contributed by atoms with E-state index in [4.69, 9.17) is 9.26 Å². The molecule has 2 aromatic rings. The zero-order valence-corrected chi connectivity index (χ0v) is 17.7. The summed E-state index contributed by atoms with van der Waals surface area (Å²) in [6, 6.07) is 7.47. The number of nitrogens with zero attached hydrogens (tertiary/aromatic N) is 3. The highest BCUT2D eigenvalue weighted by atomic mass is 16.5. The Kier molecular flexibility index (Phi) is 6.06. The van der Waals surface area contributed by atoms with Gasteiger partial charge in [-0.05, 0) is 51.7 Å². The van der Waals surface area contributed by atoms with Crippen LogP contribution in [0.3, 0.4) is 0 Å². The lowest BCUT2D eigenvalue weighted by molar-refractivity contribution is 0.0630. The number of hydrogen-bond acceptors (Lipinski definition) is 5. The van der Waals surface area contributed by atoms with E-state index < -0.39 is 0 Å². The summed E-state index contributed by atoms with van der Waals surface area (Å²) in [7, 11) is 0. The predicted molar refractivity (Wildman–Crippen MR) is 112 cm³/mol. The third-order valence-electron chi connectivity index (χ3n) is 6.04. The Bertz CT molecular complexity index is 897. The molecular formula is C23H29N3O4. The summed E-state index contributed by atoms with van der Waals surface area (Å²) < 4.78 is 11.3. The Morgan fingerprint density at radius 3 is 2.53 bits per heavy atom. The summed E-state index contributed by atoms with van der Waals surface area (Å²) >= 11 is 0. The standard InChI is InChI=1S/C23H29N3O4/c1-16-21(17(2)30-24-16)23(28)26-13-7-8-18(14-26)15-29-20-10-4-3-9-19(20)22(27)25-11-5-6-12-25/h3-4,9-10,18H,5-8,11-15H2,1-2H3. The Balaban J connectivity index is 1.40. The fourth-order valence-corrected chi connectivity index (χ4v) is 4.40. The molecule has 0 radical (unpaired) electrons. The van der Waals surface area contributed by atoms with Gasteiger partial charge in [-0.1, -0.05) is 17.3 Å². The third kappa shape index (κ3) is 4.20. The van der Waals surface area contributed by atoms with Crippen LogP contribution in [0.2, 0.25) is 0 Å². The summed E-state index contributed by atoms with van der Waals surface area (Å²) in [5.74, 6) is 1.43. The average Bonchev–Trinajstić information content (AvgIpc) is 3.42. The number of rotatable bonds is 5. The van der Waals surface area contributed by atoms with Gasteiger partial charge in [-0.3, -0.25) is 9.59 Å². The lowest BCUT2D eigenvalue weighted by Crippen LogP contribution is -2.42. The lowest BCUT2D eigenvalue weighted by atomic mass is 9.98. The van der Waals surface area contributed by atoms with Crippen LogP contribution in [-0.4, -0.2) is 59.6 Å². The van der Waals surface area contributed by atoms with Crippen LogP contribution in [0.1, 0.15) is 57.9 Å². The van der Waals surface area contributed by atoms with Crippen LogP contribution in [0.4, 0.5) is 0 Å². The summed E-state index contributed by atoms with van der Waals surface area (Å²) in [6.45, 7) is 7.03. The van der Waals surface area contributed by atoms with Crippen molar-refractivity contribution >= 4 is 11.8 Å². The molecule has 1 atom stereocenters. The number of hydrogen-bond donors (Lipinski definition) is 0. The van der Waals surface area contributed by atoms with E-state index in [-0.39, 0.29) is 17.7 Å². The molecule has 2 amide bonds. The number of carbonyl (C=O) groups excluding carboxylic acids is 2. The first-order valence-corrected chi connectivity index (χ1v) is 10.8. The molecule has 0 saturated carbocycles. The minimum Gasteiger partial charge on any atom is -0.492 e. The fraction of sp³-hybridized carbons (Fsp3) is 0.522. The van der Waals surface area contributed by atoms with Crippen LogP contribution in [0.15, 0.2) is 28.8 Å². The second-order valence-electron chi connectivity index (χ2n) is 8.27. The maximum Gasteiger partial charge on any atom is 0.259 e. The SMILES string of the molecule is Cc1noc(C)c1C(=O)N1CCCC(COc2ccccc2C(=O)N2CCCC2)C1. The van der Waals surface area contributed by atoms with Crippen LogP contribution in [0.25, 0.3) is 0 Å². The van der Waals surface area contributed by atoms with E-state index in [2.05, 4.69) is 5.16 Å². The fourth-order valence-electron chi connectivity index (χ4n) is 4.40. The van der Waals surface area contributed by atoms with Gasteiger partial charge in [0.1, 0.15) is 17.1 Å². The predicted octanol–water partition coefficient (Wildman–Crippen LogP) is 3.46. The van der Waals surface area contributed by atoms with Crippen molar-refractivity contribution in [3.63, 3.8) is 0 Å². The number of piperidine rings is 1. The van der Waals surface area contributed by atoms with E-state index in [1.54, 1.807) is 13.8 Å². The molecule has 4 rings (SSSR count). The Hall–Kier alpha value is -2.83. The van der Waals surface area contributed by atoms with Crippen molar-refractivity contribution in [2.45, 2.75) is 39.5 Å².